The molecule has 0 aliphatic carbocycles. The SMILES string of the molecule is CCn1nccc1C(O)c1ccc(F)c(OC)c1. The minimum absolute atomic E-state index is 0.120. The van der Waals surface area contributed by atoms with Crippen molar-refractivity contribution >= 4 is 0 Å². The summed E-state index contributed by atoms with van der Waals surface area (Å²) < 4.78 is 19.9. The Kier molecular flexibility index (Phi) is 3.62. The molecule has 1 aromatic carbocycles. The van der Waals surface area contributed by atoms with Crippen LogP contribution in [-0.4, -0.2) is 22.0 Å². The van der Waals surface area contributed by atoms with Crippen molar-refractivity contribution in [3.63, 3.8) is 0 Å². The Bertz CT molecular complexity index is 540. The number of methoxy groups -OCH3 is 1. The average Bonchev–Trinajstić information content (AvgIpc) is 2.86. The van der Waals surface area contributed by atoms with Crippen LogP contribution in [0, 0.1) is 5.82 Å². The summed E-state index contributed by atoms with van der Waals surface area (Å²) in [6, 6.07) is 6.05. The molecule has 1 N–H and O–H groups in total. The number of halogens is 1. The van der Waals surface area contributed by atoms with E-state index in [0.29, 0.717) is 17.8 Å². The largest absolute Gasteiger partial charge is 0.494 e. The van der Waals surface area contributed by atoms with Crippen LogP contribution in [0.4, 0.5) is 4.39 Å². The van der Waals surface area contributed by atoms with E-state index in [1.807, 2.05) is 6.92 Å². The number of aryl methyl sites for hydroxylation is 1. The second-order valence-electron chi connectivity index (χ2n) is 3.87. The second-order valence-corrected chi connectivity index (χ2v) is 3.87. The second kappa shape index (κ2) is 5.18. The number of hydrogen-bond acceptors (Lipinski definition) is 3. The third-order valence-corrected chi connectivity index (χ3v) is 2.82. The number of benzene rings is 1. The highest BCUT2D eigenvalue weighted by atomic mass is 19.1. The van der Waals surface area contributed by atoms with E-state index in [0.717, 1.165) is 0 Å². The van der Waals surface area contributed by atoms with Gasteiger partial charge in [0.05, 0.1) is 12.8 Å². The molecular formula is C13H15FN2O2. The Morgan fingerprint density at radius 3 is 2.89 bits per heavy atom. The highest BCUT2D eigenvalue weighted by Crippen LogP contribution is 2.26. The molecule has 4 nitrogen and oxygen atoms in total. The molecule has 0 spiro atoms. The Morgan fingerprint density at radius 1 is 1.44 bits per heavy atom. The maximum absolute atomic E-state index is 13.3. The van der Waals surface area contributed by atoms with Gasteiger partial charge in [-0.15, -0.1) is 0 Å². The van der Waals surface area contributed by atoms with Crippen molar-refractivity contribution in [2.75, 3.05) is 7.11 Å². The standard InChI is InChI=1S/C13H15FN2O2/c1-3-16-11(6-7-15-16)13(17)9-4-5-10(14)12(8-9)18-2/h4-8,13,17H,3H2,1-2H3. The summed E-state index contributed by atoms with van der Waals surface area (Å²) in [7, 11) is 1.39. The summed E-state index contributed by atoms with van der Waals surface area (Å²) >= 11 is 0. The smallest absolute Gasteiger partial charge is 0.165 e. The Labute approximate surface area is 105 Å². The monoisotopic (exact) mass is 250 g/mol. The van der Waals surface area contributed by atoms with Crippen LogP contribution in [0.5, 0.6) is 5.75 Å². The topological polar surface area (TPSA) is 47.3 Å². The van der Waals surface area contributed by atoms with Gasteiger partial charge in [-0.05, 0) is 30.7 Å². The van der Waals surface area contributed by atoms with Crippen LogP contribution in [0.2, 0.25) is 0 Å². The van der Waals surface area contributed by atoms with Crippen molar-refractivity contribution in [3.05, 3.63) is 47.5 Å². The summed E-state index contributed by atoms with van der Waals surface area (Å²) in [5.74, 6) is -0.327. The molecule has 5 heteroatoms. The van der Waals surface area contributed by atoms with Crippen LogP contribution in [0.15, 0.2) is 30.5 Å². The zero-order chi connectivity index (χ0) is 13.1. The molecule has 0 amide bonds. The summed E-state index contributed by atoms with van der Waals surface area (Å²) in [5.41, 5.74) is 1.25. The fraction of sp³-hybridized carbons (Fsp3) is 0.308. The quantitative estimate of drug-likeness (QED) is 0.904. The molecule has 1 atom stereocenters. The number of aromatic nitrogens is 2. The lowest BCUT2D eigenvalue weighted by Gasteiger charge is -2.14. The Hall–Kier alpha value is -1.88. The third-order valence-electron chi connectivity index (χ3n) is 2.82. The van der Waals surface area contributed by atoms with Crippen molar-refractivity contribution in [1.29, 1.82) is 0 Å². The van der Waals surface area contributed by atoms with Gasteiger partial charge in [0.25, 0.3) is 0 Å². The highest BCUT2D eigenvalue weighted by molar-refractivity contribution is 5.34. The van der Waals surface area contributed by atoms with Crippen molar-refractivity contribution < 1.29 is 14.2 Å². The maximum Gasteiger partial charge on any atom is 0.165 e. The van der Waals surface area contributed by atoms with Crippen molar-refractivity contribution in [2.45, 2.75) is 19.6 Å². The molecule has 1 aromatic heterocycles. The number of aliphatic hydroxyl groups is 1. The predicted molar refractivity (Wildman–Crippen MR) is 64.9 cm³/mol. The van der Waals surface area contributed by atoms with Gasteiger partial charge in [-0.2, -0.15) is 5.10 Å². The lowest BCUT2D eigenvalue weighted by Crippen LogP contribution is -2.09. The van der Waals surface area contributed by atoms with E-state index >= 15 is 0 Å². The molecule has 2 rings (SSSR count). The molecule has 0 aliphatic rings. The number of hydrogen-bond donors (Lipinski definition) is 1. The first-order chi connectivity index (χ1) is 8.67. The highest BCUT2D eigenvalue weighted by Gasteiger charge is 2.16. The van der Waals surface area contributed by atoms with E-state index in [4.69, 9.17) is 4.74 Å². The van der Waals surface area contributed by atoms with Crippen molar-refractivity contribution in [1.82, 2.24) is 9.78 Å². The first-order valence-electron chi connectivity index (χ1n) is 5.70. The van der Waals surface area contributed by atoms with Crippen LogP contribution in [-0.2, 0) is 6.54 Å². The molecule has 0 saturated carbocycles. The van der Waals surface area contributed by atoms with Gasteiger partial charge in [-0.25, -0.2) is 4.39 Å². The molecule has 2 aromatic rings. The molecular weight excluding hydrogens is 235 g/mol. The minimum atomic E-state index is -0.845. The fourth-order valence-corrected chi connectivity index (χ4v) is 1.86. The van der Waals surface area contributed by atoms with Gasteiger partial charge in [0.2, 0.25) is 0 Å². The maximum atomic E-state index is 13.3. The summed E-state index contributed by atoms with van der Waals surface area (Å²) in [4.78, 5) is 0. The first kappa shape index (κ1) is 12.6. The van der Waals surface area contributed by atoms with Crippen molar-refractivity contribution in [3.8, 4) is 5.75 Å². The van der Waals surface area contributed by atoms with Gasteiger partial charge < -0.3 is 9.84 Å². The van der Waals surface area contributed by atoms with Crippen LogP contribution < -0.4 is 4.74 Å². The normalized spacial score (nSPS) is 12.4. The van der Waals surface area contributed by atoms with Gasteiger partial charge in [-0.1, -0.05) is 6.07 Å². The zero-order valence-corrected chi connectivity index (χ0v) is 10.3. The first-order valence-corrected chi connectivity index (χ1v) is 5.70. The van der Waals surface area contributed by atoms with Crippen molar-refractivity contribution in [2.24, 2.45) is 0 Å². The van der Waals surface area contributed by atoms with Crippen LogP contribution in [0.1, 0.15) is 24.3 Å². The van der Waals surface area contributed by atoms with Gasteiger partial charge in [-0.3, -0.25) is 4.68 Å². The van der Waals surface area contributed by atoms with Gasteiger partial charge in [0.15, 0.2) is 11.6 Å². The van der Waals surface area contributed by atoms with Gasteiger partial charge >= 0.3 is 0 Å². The molecule has 0 fully saturated rings. The third kappa shape index (κ3) is 2.22. The fourth-order valence-electron chi connectivity index (χ4n) is 1.86. The Balaban J connectivity index is 2.37. The molecule has 0 aliphatic heterocycles. The molecule has 1 unspecified atom stereocenters. The molecule has 96 valence electrons. The molecule has 0 bridgehead atoms. The Morgan fingerprint density at radius 2 is 2.22 bits per heavy atom. The van der Waals surface area contributed by atoms with E-state index in [9.17, 15) is 9.50 Å². The van der Waals surface area contributed by atoms with E-state index in [2.05, 4.69) is 5.10 Å². The predicted octanol–water partition coefficient (Wildman–Crippen LogP) is 2.13. The zero-order valence-electron chi connectivity index (χ0n) is 10.3. The van der Waals surface area contributed by atoms with E-state index < -0.39 is 11.9 Å². The average molecular weight is 250 g/mol. The molecule has 18 heavy (non-hydrogen) atoms. The van der Waals surface area contributed by atoms with E-state index in [-0.39, 0.29) is 5.75 Å². The number of nitrogens with zero attached hydrogens (tertiary/aromatic N) is 2. The summed E-state index contributed by atoms with van der Waals surface area (Å²) in [6.07, 6.45) is 0.782. The van der Waals surface area contributed by atoms with Gasteiger partial charge in [0.1, 0.15) is 6.10 Å². The lowest BCUT2D eigenvalue weighted by atomic mass is 10.1. The summed E-state index contributed by atoms with van der Waals surface area (Å²) in [5, 5.41) is 14.4. The number of aliphatic hydroxyl groups excluding tert-OH is 1. The molecule has 0 saturated heterocycles. The van der Waals surface area contributed by atoms with Gasteiger partial charge in [0, 0.05) is 12.7 Å². The number of ether oxygens (including phenoxy) is 1. The summed E-state index contributed by atoms with van der Waals surface area (Å²) in [6.45, 7) is 2.60. The van der Waals surface area contributed by atoms with Crippen LogP contribution >= 0.6 is 0 Å². The van der Waals surface area contributed by atoms with E-state index in [1.165, 1.54) is 25.3 Å². The molecule has 1 heterocycles. The number of rotatable bonds is 4. The lowest BCUT2D eigenvalue weighted by molar-refractivity contribution is 0.207. The van der Waals surface area contributed by atoms with Crippen LogP contribution in [0.25, 0.3) is 0 Å². The molecule has 0 radical (unpaired) electrons. The van der Waals surface area contributed by atoms with Crippen LogP contribution in [0.3, 0.4) is 0 Å². The van der Waals surface area contributed by atoms with E-state index in [1.54, 1.807) is 16.9 Å². The minimum Gasteiger partial charge on any atom is -0.494 e.